The summed E-state index contributed by atoms with van der Waals surface area (Å²) >= 11 is 0. The Kier molecular flexibility index (Phi) is 20.1. The van der Waals surface area contributed by atoms with Crippen LogP contribution in [0.25, 0.3) is 0 Å². The molecule has 0 fully saturated rings. The third kappa shape index (κ3) is 15.1. The summed E-state index contributed by atoms with van der Waals surface area (Å²) in [6.07, 6.45) is 35.7. The zero-order valence-electron chi connectivity index (χ0n) is 22.5. The number of imidazole rings is 1. The van der Waals surface area contributed by atoms with Crippen molar-refractivity contribution in [3.8, 4) is 0 Å². The zero-order valence-corrected chi connectivity index (χ0v) is 22.5. The van der Waals surface area contributed by atoms with Crippen LogP contribution < -0.4 is 4.57 Å². The lowest BCUT2D eigenvalue weighted by Crippen LogP contribution is -2.37. The van der Waals surface area contributed by atoms with E-state index in [1.807, 2.05) is 0 Å². The van der Waals surface area contributed by atoms with Crippen LogP contribution in [0.4, 0.5) is 0 Å². The van der Waals surface area contributed by atoms with E-state index in [-0.39, 0.29) is 0 Å². The van der Waals surface area contributed by atoms with E-state index >= 15 is 0 Å². The van der Waals surface area contributed by atoms with Crippen LogP contribution in [0.2, 0.25) is 0 Å². The minimum Gasteiger partial charge on any atom is -0.234 e. The average Bonchev–Trinajstić information content (AvgIpc) is 3.18. The molecule has 1 heterocycles. The van der Waals surface area contributed by atoms with Gasteiger partial charge in [0.1, 0.15) is 12.4 Å². The van der Waals surface area contributed by atoms with Gasteiger partial charge in [0.25, 0.3) is 5.82 Å². The van der Waals surface area contributed by atoms with Gasteiger partial charge in [0.15, 0.2) is 0 Å². The summed E-state index contributed by atoms with van der Waals surface area (Å²) in [5, 5.41) is 0. The van der Waals surface area contributed by atoms with Gasteiger partial charge in [-0.15, -0.1) is 0 Å². The van der Waals surface area contributed by atoms with Gasteiger partial charge in [-0.2, -0.15) is 0 Å². The van der Waals surface area contributed by atoms with Crippen LogP contribution in [0.15, 0.2) is 12.4 Å². The van der Waals surface area contributed by atoms with Crippen molar-refractivity contribution < 1.29 is 4.57 Å². The lowest BCUT2D eigenvalue weighted by atomic mass is 10.0. The van der Waals surface area contributed by atoms with Gasteiger partial charge < -0.3 is 0 Å². The van der Waals surface area contributed by atoms with Crippen molar-refractivity contribution >= 4 is 0 Å². The molecule has 1 rings (SSSR count). The molecule has 0 unspecified atom stereocenters. The second-order valence-electron chi connectivity index (χ2n) is 10.2. The first-order valence-corrected chi connectivity index (χ1v) is 14.9. The maximum absolute atomic E-state index is 2.56. The Morgan fingerprint density at radius 2 is 0.969 bits per heavy atom. The molecule has 0 aromatic carbocycles. The largest absolute Gasteiger partial charge is 0.256 e. The molecule has 0 aliphatic heterocycles. The molecule has 1 aromatic rings. The van der Waals surface area contributed by atoms with Crippen LogP contribution in [0.3, 0.4) is 0 Å². The van der Waals surface area contributed by atoms with Crippen molar-refractivity contribution in [3.63, 3.8) is 0 Å². The van der Waals surface area contributed by atoms with Gasteiger partial charge in [-0.3, -0.25) is 0 Å². The summed E-state index contributed by atoms with van der Waals surface area (Å²) in [5.74, 6) is 1.58. The van der Waals surface area contributed by atoms with Crippen molar-refractivity contribution in [2.24, 2.45) is 0 Å². The Morgan fingerprint density at radius 3 is 1.44 bits per heavy atom. The SMILES string of the molecule is CCCCCCCCCCCCCCCCCc1n(CCC)cc[n+]1CCCCCCC. The van der Waals surface area contributed by atoms with Gasteiger partial charge in [-0.25, -0.2) is 9.13 Å². The number of rotatable bonds is 24. The van der Waals surface area contributed by atoms with Gasteiger partial charge >= 0.3 is 0 Å². The maximum Gasteiger partial charge on any atom is 0.256 e. The number of hydrogen-bond donors (Lipinski definition) is 0. The minimum atomic E-state index is 1.18. The fourth-order valence-corrected chi connectivity index (χ4v) is 4.97. The molecular formula is C30H59N2+. The van der Waals surface area contributed by atoms with Gasteiger partial charge in [0, 0.05) is 6.42 Å². The molecule has 0 amide bonds. The normalized spacial score (nSPS) is 11.5. The van der Waals surface area contributed by atoms with Crippen LogP contribution in [0, 0.1) is 0 Å². The Bertz CT molecular complexity index is 505. The summed E-state index contributed by atoms with van der Waals surface area (Å²) in [6, 6.07) is 0. The van der Waals surface area contributed by atoms with Gasteiger partial charge in [0.2, 0.25) is 0 Å². The molecule has 0 atom stereocenters. The maximum atomic E-state index is 2.56. The highest BCUT2D eigenvalue weighted by Gasteiger charge is 2.15. The molecular weight excluding hydrogens is 388 g/mol. The van der Waals surface area contributed by atoms with Crippen molar-refractivity contribution in [1.82, 2.24) is 4.57 Å². The second kappa shape index (κ2) is 22.0. The highest BCUT2D eigenvalue weighted by atomic mass is 15.1. The molecule has 0 radical (unpaired) electrons. The Morgan fingerprint density at radius 1 is 0.531 bits per heavy atom. The molecule has 0 bridgehead atoms. The first-order chi connectivity index (χ1) is 15.8. The van der Waals surface area contributed by atoms with E-state index in [0.717, 1.165) is 0 Å². The number of hydrogen-bond acceptors (Lipinski definition) is 0. The van der Waals surface area contributed by atoms with Crippen LogP contribution in [-0.2, 0) is 19.5 Å². The van der Waals surface area contributed by atoms with Gasteiger partial charge in [0.05, 0.1) is 13.1 Å². The molecule has 0 saturated heterocycles. The Labute approximate surface area is 202 Å². The number of nitrogens with zero attached hydrogens (tertiary/aromatic N) is 2. The quantitative estimate of drug-likeness (QED) is 0.110. The second-order valence-corrected chi connectivity index (χ2v) is 10.2. The van der Waals surface area contributed by atoms with Gasteiger partial charge in [-0.1, -0.05) is 130 Å². The molecule has 32 heavy (non-hydrogen) atoms. The molecule has 2 nitrogen and oxygen atoms in total. The topological polar surface area (TPSA) is 8.81 Å². The Hall–Kier alpha value is -0.790. The number of unbranched alkanes of at least 4 members (excludes halogenated alkanes) is 18. The molecule has 1 aromatic heterocycles. The number of aryl methyl sites for hydroxylation is 2. The first kappa shape index (κ1) is 29.2. The fourth-order valence-electron chi connectivity index (χ4n) is 4.97. The molecule has 0 aliphatic rings. The van der Waals surface area contributed by atoms with Crippen molar-refractivity contribution in [2.45, 2.75) is 175 Å². The smallest absolute Gasteiger partial charge is 0.234 e. The van der Waals surface area contributed by atoms with Crippen LogP contribution in [0.1, 0.15) is 161 Å². The highest BCUT2D eigenvalue weighted by molar-refractivity contribution is 4.84. The third-order valence-corrected chi connectivity index (χ3v) is 7.06. The molecule has 2 heteroatoms. The summed E-state index contributed by atoms with van der Waals surface area (Å²) < 4.78 is 5.08. The third-order valence-electron chi connectivity index (χ3n) is 7.06. The predicted octanol–water partition coefficient (Wildman–Crippen LogP) is 9.57. The average molecular weight is 448 g/mol. The van der Waals surface area contributed by atoms with E-state index in [1.165, 1.54) is 154 Å². The van der Waals surface area contributed by atoms with Gasteiger partial charge in [-0.05, 0) is 25.7 Å². The van der Waals surface area contributed by atoms with E-state index in [4.69, 9.17) is 0 Å². The van der Waals surface area contributed by atoms with E-state index in [1.54, 1.807) is 5.82 Å². The van der Waals surface area contributed by atoms with E-state index in [9.17, 15) is 0 Å². The van der Waals surface area contributed by atoms with Crippen LogP contribution in [0.5, 0.6) is 0 Å². The zero-order chi connectivity index (χ0) is 23.1. The molecule has 0 spiro atoms. The van der Waals surface area contributed by atoms with E-state index in [2.05, 4.69) is 42.3 Å². The molecule has 188 valence electrons. The lowest BCUT2D eigenvalue weighted by molar-refractivity contribution is -0.704. The lowest BCUT2D eigenvalue weighted by Gasteiger charge is -2.06. The summed E-state index contributed by atoms with van der Waals surface area (Å²) in [7, 11) is 0. The Balaban J connectivity index is 2.06. The number of aromatic nitrogens is 2. The molecule has 0 saturated carbocycles. The summed E-state index contributed by atoms with van der Waals surface area (Å²) in [4.78, 5) is 0. The summed E-state index contributed by atoms with van der Waals surface area (Å²) in [5.41, 5.74) is 0. The highest BCUT2D eigenvalue weighted by Crippen LogP contribution is 2.14. The fraction of sp³-hybridized carbons (Fsp3) is 0.900. The minimum absolute atomic E-state index is 1.18. The van der Waals surface area contributed by atoms with Crippen molar-refractivity contribution in [3.05, 3.63) is 18.2 Å². The van der Waals surface area contributed by atoms with Crippen LogP contribution in [-0.4, -0.2) is 4.57 Å². The monoisotopic (exact) mass is 447 g/mol. The first-order valence-electron chi connectivity index (χ1n) is 14.9. The van der Waals surface area contributed by atoms with E-state index < -0.39 is 0 Å². The van der Waals surface area contributed by atoms with E-state index in [0.29, 0.717) is 0 Å². The summed E-state index contributed by atoms with van der Waals surface area (Å²) in [6.45, 7) is 9.30. The molecule has 0 aliphatic carbocycles. The predicted molar refractivity (Wildman–Crippen MR) is 142 cm³/mol. The van der Waals surface area contributed by atoms with Crippen molar-refractivity contribution in [1.29, 1.82) is 0 Å². The molecule has 0 N–H and O–H groups in total. The van der Waals surface area contributed by atoms with Crippen molar-refractivity contribution in [2.75, 3.05) is 0 Å². The van der Waals surface area contributed by atoms with Crippen LogP contribution >= 0.6 is 0 Å². The standard InChI is InChI=1S/C30H59N2/c1-4-7-9-11-12-13-14-15-16-17-18-19-20-21-23-25-30-31(26-6-3)28-29-32(30)27-24-22-10-8-5-2/h28-29H,4-27H2,1-3H3/q+1.